The van der Waals surface area contributed by atoms with E-state index in [-0.39, 0.29) is 26.1 Å². The normalized spacial score (nSPS) is 15.0. The van der Waals surface area contributed by atoms with Crippen LogP contribution in [0.1, 0.15) is 36.7 Å². The Morgan fingerprint density at radius 2 is 2.00 bits per heavy atom. The first-order valence-electron chi connectivity index (χ1n) is 9.75. The number of carbonyl (C=O) groups is 1. The lowest BCUT2D eigenvalue weighted by Crippen LogP contribution is -2.47. The molecule has 0 unspecified atom stereocenters. The summed E-state index contributed by atoms with van der Waals surface area (Å²) in [6.45, 7) is 4.09. The van der Waals surface area contributed by atoms with Crippen LogP contribution in [0.5, 0.6) is 0 Å². The summed E-state index contributed by atoms with van der Waals surface area (Å²) in [6, 6.07) is 10.5. The van der Waals surface area contributed by atoms with Crippen LogP contribution in [-0.2, 0) is 19.1 Å². The number of aliphatic hydroxyl groups is 1. The highest BCUT2D eigenvalue weighted by Crippen LogP contribution is 2.38. The average molecular weight is 442 g/mol. The molecule has 0 radical (unpaired) electrons. The van der Waals surface area contributed by atoms with Crippen LogP contribution in [0.3, 0.4) is 0 Å². The molecule has 10 heteroatoms. The first-order chi connectivity index (χ1) is 14.4. The van der Waals surface area contributed by atoms with E-state index in [1.54, 1.807) is 15.8 Å². The molecule has 4 rings (SSSR count). The molecule has 0 aliphatic carbocycles. The fourth-order valence-corrected chi connectivity index (χ4v) is 3.67. The van der Waals surface area contributed by atoms with Crippen molar-refractivity contribution in [3.8, 4) is 0 Å². The molecule has 1 aliphatic heterocycles. The van der Waals surface area contributed by atoms with E-state index in [9.17, 15) is 9.90 Å². The molecule has 0 bridgehead atoms. The Morgan fingerprint density at radius 3 is 2.65 bits per heavy atom. The van der Waals surface area contributed by atoms with Crippen LogP contribution in [0.25, 0.3) is 0 Å². The van der Waals surface area contributed by atoms with E-state index in [1.165, 1.54) is 0 Å². The Balaban J connectivity index is 0.00000272. The topological polar surface area (TPSA) is 108 Å². The van der Waals surface area contributed by atoms with Gasteiger partial charge in [0.05, 0.1) is 30.4 Å². The summed E-state index contributed by atoms with van der Waals surface area (Å²) >= 11 is 0. The number of rotatable bonds is 5. The molecule has 2 aromatic heterocycles. The van der Waals surface area contributed by atoms with Crippen LogP contribution in [0.2, 0.25) is 0 Å². The Kier molecular flexibility index (Phi) is 6.51. The molecule has 0 saturated heterocycles. The molecule has 1 atom stereocenters. The lowest BCUT2D eigenvalue weighted by atomic mass is 9.97. The molecule has 3 heterocycles. The number of hydrogen-bond acceptors (Lipinski definition) is 6. The first kappa shape index (κ1) is 22.6. The predicted octanol–water partition coefficient (Wildman–Crippen LogP) is 2.56. The smallest absolute Gasteiger partial charge is 0.319 e. The van der Waals surface area contributed by atoms with Gasteiger partial charge in [-0.1, -0.05) is 30.3 Å². The number of aryl methyl sites for hydroxylation is 1. The molecule has 31 heavy (non-hydrogen) atoms. The van der Waals surface area contributed by atoms with Crippen molar-refractivity contribution < 1.29 is 9.90 Å². The molecule has 9 nitrogen and oxygen atoms in total. The number of amides is 2. The van der Waals surface area contributed by atoms with Gasteiger partial charge in [0.2, 0.25) is 5.95 Å². The summed E-state index contributed by atoms with van der Waals surface area (Å²) in [5.74, 6) is 1.08. The number of aliphatic hydroxyl groups excluding tert-OH is 1. The maximum atomic E-state index is 13.1. The highest BCUT2D eigenvalue weighted by molar-refractivity contribution is 7.59. The van der Waals surface area contributed by atoms with Gasteiger partial charge in [0.15, 0.2) is 5.82 Å². The van der Waals surface area contributed by atoms with E-state index < -0.39 is 11.6 Å². The van der Waals surface area contributed by atoms with E-state index >= 15 is 0 Å². The zero-order valence-corrected chi connectivity index (χ0v) is 18.7. The standard InChI is InChI=1S/C21H25N7O2.H2S/c1-21(2)15-11-22-19(25-18-9-10-27(3)26-18)23-16(15)12-28(21)20(30)24-17(13-29)14-7-5-4-6-8-14;/h4-11,17,29H,12-13H2,1-3H3,(H,24,30)(H,22,23,25,26);1H2/t17-;/m1./s1. The third kappa shape index (κ3) is 4.49. The van der Waals surface area contributed by atoms with Gasteiger partial charge in [-0.2, -0.15) is 18.6 Å². The summed E-state index contributed by atoms with van der Waals surface area (Å²) in [5, 5.41) is 20.1. The second kappa shape index (κ2) is 8.94. The van der Waals surface area contributed by atoms with Crippen LogP contribution in [0.4, 0.5) is 16.6 Å². The van der Waals surface area contributed by atoms with Gasteiger partial charge in [-0.05, 0) is 19.4 Å². The number of hydrogen-bond donors (Lipinski definition) is 3. The largest absolute Gasteiger partial charge is 0.394 e. The SMILES string of the molecule is Cn1ccc(Nc2ncc3c(n2)CN(C(=O)N[C@H](CO)c2ccccc2)C3(C)C)n1.S. The second-order valence-corrected chi connectivity index (χ2v) is 7.79. The molecule has 1 aromatic carbocycles. The zero-order valence-electron chi connectivity index (χ0n) is 17.7. The number of nitrogens with zero attached hydrogens (tertiary/aromatic N) is 5. The van der Waals surface area contributed by atoms with Gasteiger partial charge in [-0.3, -0.25) is 4.68 Å². The number of aromatic nitrogens is 4. The van der Waals surface area contributed by atoms with E-state index in [2.05, 4.69) is 25.7 Å². The van der Waals surface area contributed by atoms with Gasteiger partial charge < -0.3 is 20.6 Å². The average Bonchev–Trinajstić information content (AvgIpc) is 3.26. The molecular formula is C21H27N7O2S. The minimum atomic E-state index is -0.584. The van der Waals surface area contributed by atoms with E-state index in [0.29, 0.717) is 18.3 Å². The van der Waals surface area contributed by atoms with Gasteiger partial charge in [0.25, 0.3) is 0 Å². The molecular weight excluding hydrogens is 414 g/mol. The predicted molar refractivity (Wildman–Crippen MR) is 122 cm³/mol. The molecule has 0 spiro atoms. The Morgan fingerprint density at radius 1 is 1.26 bits per heavy atom. The minimum Gasteiger partial charge on any atom is -0.394 e. The lowest BCUT2D eigenvalue weighted by molar-refractivity contribution is 0.136. The molecule has 3 N–H and O–H groups in total. The van der Waals surface area contributed by atoms with Crippen molar-refractivity contribution >= 4 is 31.3 Å². The monoisotopic (exact) mass is 441 g/mol. The first-order valence-corrected chi connectivity index (χ1v) is 9.75. The zero-order chi connectivity index (χ0) is 21.3. The van der Waals surface area contributed by atoms with Crippen LogP contribution in [0, 0.1) is 0 Å². The maximum absolute atomic E-state index is 13.1. The third-order valence-corrected chi connectivity index (χ3v) is 5.39. The van der Waals surface area contributed by atoms with Crippen molar-refractivity contribution in [2.24, 2.45) is 7.05 Å². The summed E-state index contributed by atoms with van der Waals surface area (Å²) in [4.78, 5) is 23.8. The van der Waals surface area contributed by atoms with Gasteiger partial charge in [-0.15, -0.1) is 0 Å². The van der Waals surface area contributed by atoms with Crippen molar-refractivity contribution in [1.82, 2.24) is 30.0 Å². The number of anilines is 2. The molecule has 164 valence electrons. The molecule has 0 fully saturated rings. The maximum Gasteiger partial charge on any atom is 0.319 e. The second-order valence-electron chi connectivity index (χ2n) is 7.79. The Hall–Kier alpha value is -3.11. The summed E-state index contributed by atoms with van der Waals surface area (Å²) in [7, 11) is 1.84. The van der Waals surface area contributed by atoms with Gasteiger partial charge in [0.1, 0.15) is 0 Å². The molecule has 3 aromatic rings. The van der Waals surface area contributed by atoms with Crippen molar-refractivity contribution in [3.05, 3.63) is 65.6 Å². The number of nitrogens with one attached hydrogen (secondary N) is 2. The van der Waals surface area contributed by atoms with Gasteiger partial charge >= 0.3 is 6.03 Å². The lowest BCUT2D eigenvalue weighted by Gasteiger charge is -2.33. The van der Waals surface area contributed by atoms with Crippen molar-refractivity contribution in [1.29, 1.82) is 0 Å². The van der Waals surface area contributed by atoms with E-state index in [0.717, 1.165) is 16.8 Å². The van der Waals surface area contributed by atoms with Crippen molar-refractivity contribution in [2.45, 2.75) is 32.0 Å². The van der Waals surface area contributed by atoms with E-state index in [1.807, 2.05) is 63.5 Å². The van der Waals surface area contributed by atoms with Gasteiger partial charge in [-0.25, -0.2) is 14.8 Å². The number of benzene rings is 1. The minimum absolute atomic E-state index is 0. The van der Waals surface area contributed by atoms with Crippen LogP contribution >= 0.6 is 13.5 Å². The molecule has 0 saturated carbocycles. The van der Waals surface area contributed by atoms with Crippen molar-refractivity contribution in [2.75, 3.05) is 11.9 Å². The van der Waals surface area contributed by atoms with Crippen LogP contribution in [-0.4, -0.2) is 42.4 Å². The number of urea groups is 1. The van der Waals surface area contributed by atoms with E-state index in [4.69, 9.17) is 0 Å². The molecule has 1 aliphatic rings. The summed E-state index contributed by atoms with van der Waals surface area (Å²) in [6.07, 6.45) is 3.58. The highest BCUT2D eigenvalue weighted by atomic mass is 32.1. The third-order valence-electron chi connectivity index (χ3n) is 5.39. The van der Waals surface area contributed by atoms with Crippen LogP contribution in [0.15, 0.2) is 48.8 Å². The molecule has 2 amide bonds. The highest BCUT2D eigenvalue weighted by Gasteiger charge is 2.42. The fraction of sp³-hybridized carbons (Fsp3) is 0.333. The Bertz CT molecular complexity index is 1050. The summed E-state index contributed by atoms with van der Waals surface area (Å²) in [5.41, 5.74) is 1.94. The quantitative estimate of drug-likeness (QED) is 0.562. The number of fused-ring (bicyclic) bond motifs is 1. The van der Waals surface area contributed by atoms with Crippen molar-refractivity contribution in [3.63, 3.8) is 0 Å². The summed E-state index contributed by atoms with van der Waals surface area (Å²) < 4.78 is 1.69. The van der Waals surface area contributed by atoms with Crippen LogP contribution < -0.4 is 10.6 Å². The van der Waals surface area contributed by atoms with Gasteiger partial charge in [0, 0.05) is 31.1 Å². The fourth-order valence-electron chi connectivity index (χ4n) is 3.67. The Labute approximate surface area is 188 Å². The number of carbonyl (C=O) groups excluding carboxylic acids is 1.